The van der Waals surface area contributed by atoms with E-state index in [1.807, 2.05) is 0 Å². The molecule has 0 heterocycles. The van der Waals surface area contributed by atoms with E-state index < -0.39 is 11.6 Å². The van der Waals surface area contributed by atoms with Gasteiger partial charge in [0.1, 0.15) is 5.60 Å². The molecule has 0 saturated carbocycles. The zero-order valence-corrected chi connectivity index (χ0v) is 14.1. The standard InChI is InChI=1S/C16H31NO4/c1-13(2)9-7-6-8-10-14(18)17(20)12-11-15(19)21-16(3,4)5/h13,20H,6-12H2,1-5H3. The number of ether oxygens (including phenoxy) is 1. The third-order valence-corrected chi connectivity index (χ3v) is 2.91. The molecule has 124 valence electrons. The van der Waals surface area contributed by atoms with Crippen molar-refractivity contribution in [2.24, 2.45) is 5.92 Å². The van der Waals surface area contributed by atoms with E-state index >= 15 is 0 Å². The van der Waals surface area contributed by atoms with Crippen molar-refractivity contribution in [1.29, 1.82) is 0 Å². The molecule has 0 aliphatic rings. The van der Waals surface area contributed by atoms with Crippen LogP contribution < -0.4 is 0 Å². The molecule has 0 aromatic rings. The van der Waals surface area contributed by atoms with Crippen LogP contribution in [0.1, 0.15) is 73.1 Å². The van der Waals surface area contributed by atoms with E-state index in [1.54, 1.807) is 20.8 Å². The van der Waals surface area contributed by atoms with E-state index in [2.05, 4.69) is 13.8 Å². The summed E-state index contributed by atoms with van der Waals surface area (Å²) < 4.78 is 5.12. The van der Waals surface area contributed by atoms with Crippen LogP contribution >= 0.6 is 0 Å². The Morgan fingerprint density at radius 3 is 2.24 bits per heavy atom. The summed E-state index contributed by atoms with van der Waals surface area (Å²) in [5.41, 5.74) is -0.544. The number of nitrogens with zero attached hydrogens (tertiary/aromatic N) is 1. The normalized spacial score (nSPS) is 11.6. The van der Waals surface area contributed by atoms with Gasteiger partial charge in [-0.2, -0.15) is 0 Å². The van der Waals surface area contributed by atoms with Crippen molar-refractivity contribution in [3.05, 3.63) is 0 Å². The van der Waals surface area contributed by atoms with Gasteiger partial charge < -0.3 is 4.74 Å². The van der Waals surface area contributed by atoms with Crippen molar-refractivity contribution >= 4 is 11.9 Å². The van der Waals surface area contributed by atoms with Crippen LogP contribution in [0, 0.1) is 5.92 Å². The fourth-order valence-electron chi connectivity index (χ4n) is 1.85. The minimum atomic E-state index is -0.544. The minimum absolute atomic E-state index is 0.00680. The molecule has 0 aromatic carbocycles. The van der Waals surface area contributed by atoms with Gasteiger partial charge in [-0.1, -0.05) is 33.1 Å². The lowest BCUT2D eigenvalue weighted by molar-refractivity contribution is -0.170. The minimum Gasteiger partial charge on any atom is -0.460 e. The number of rotatable bonds is 9. The van der Waals surface area contributed by atoms with Crippen LogP contribution in [0.3, 0.4) is 0 Å². The van der Waals surface area contributed by atoms with E-state index in [0.29, 0.717) is 17.4 Å². The van der Waals surface area contributed by atoms with Gasteiger partial charge in [-0.05, 0) is 33.1 Å². The summed E-state index contributed by atoms with van der Waals surface area (Å²) in [6.45, 7) is 9.69. The number of hydrogen-bond acceptors (Lipinski definition) is 4. The summed E-state index contributed by atoms with van der Waals surface area (Å²) in [7, 11) is 0. The Morgan fingerprint density at radius 2 is 1.71 bits per heavy atom. The van der Waals surface area contributed by atoms with Crippen molar-refractivity contribution < 1.29 is 19.5 Å². The molecule has 0 aliphatic heterocycles. The first-order valence-electron chi connectivity index (χ1n) is 7.83. The molecule has 0 bridgehead atoms. The average Bonchev–Trinajstić information content (AvgIpc) is 2.32. The second-order valence-electron chi connectivity index (χ2n) is 6.85. The van der Waals surface area contributed by atoms with E-state index in [9.17, 15) is 14.8 Å². The van der Waals surface area contributed by atoms with Gasteiger partial charge >= 0.3 is 5.97 Å². The quantitative estimate of drug-likeness (QED) is 0.306. The number of hydroxylamine groups is 2. The molecular weight excluding hydrogens is 270 g/mol. The Hall–Kier alpha value is -1.10. The Bertz CT molecular complexity index is 321. The maximum absolute atomic E-state index is 11.7. The zero-order valence-electron chi connectivity index (χ0n) is 14.1. The molecule has 0 aliphatic carbocycles. The van der Waals surface area contributed by atoms with Crippen LogP contribution in [0.15, 0.2) is 0 Å². The molecule has 0 spiro atoms. The van der Waals surface area contributed by atoms with Gasteiger partial charge in [0, 0.05) is 6.42 Å². The highest BCUT2D eigenvalue weighted by molar-refractivity contribution is 5.76. The van der Waals surface area contributed by atoms with Crippen LogP contribution in [-0.2, 0) is 14.3 Å². The lowest BCUT2D eigenvalue weighted by atomic mass is 10.0. The summed E-state index contributed by atoms with van der Waals surface area (Å²) in [6.07, 6.45) is 4.36. The Morgan fingerprint density at radius 1 is 1.10 bits per heavy atom. The molecule has 0 rings (SSSR count). The summed E-state index contributed by atoms with van der Waals surface area (Å²) >= 11 is 0. The lowest BCUT2D eigenvalue weighted by Gasteiger charge is -2.20. The largest absolute Gasteiger partial charge is 0.460 e. The van der Waals surface area contributed by atoms with Crippen LogP contribution in [0.5, 0.6) is 0 Å². The molecule has 5 heteroatoms. The molecule has 0 saturated heterocycles. The highest BCUT2D eigenvalue weighted by Crippen LogP contribution is 2.11. The third-order valence-electron chi connectivity index (χ3n) is 2.91. The second-order valence-corrected chi connectivity index (χ2v) is 6.85. The van der Waals surface area contributed by atoms with Gasteiger partial charge in [-0.25, -0.2) is 5.06 Å². The number of carbonyl (C=O) groups excluding carboxylic acids is 2. The molecule has 1 amide bonds. The molecule has 5 nitrogen and oxygen atoms in total. The summed E-state index contributed by atoms with van der Waals surface area (Å²) in [5.74, 6) is -0.0572. The van der Waals surface area contributed by atoms with E-state index in [-0.39, 0.29) is 18.9 Å². The first kappa shape index (κ1) is 19.9. The number of amides is 1. The van der Waals surface area contributed by atoms with Crippen LogP contribution in [0.2, 0.25) is 0 Å². The predicted molar refractivity (Wildman–Crippen MR) is 81.9 cm³/mol. The first-order valence-corrected chi connectivity index (χ1v) is 7.83. The topological polar surface area (TPSA) is 66.8 Å². The smallest absolute Gasteiger partial charge is 0.308 e. The van der Waals surface area contributed by atoms with Crippen LogP contribution in [0.4, 0.5) is 0 Å². The fourth-order valence-corrected chi connectivity index (χ4v) is 1.85. The number of esters is 1. The van der Waals surface area contributed by atoms with Gasteiger partial charge in [-0.15, -0.1) is 0 Å². The van der Waals surface area contributed by atoms with Crippen molar-refractivity contribution in [3.8, 4) is 0 Å². The van der Waals surface area contributed by atoms with E-state index in [1.165, 1.54) is 0 Å². The SMILES string of the molecule is CC(C)CCCCCC(=O)N(O)CCC(=O)OC(C)(C)C. The molecule has 0 aromatic heterocycles. The molecule has 21 heavy (non-hydrogen) atoms. The lowest BCUT2D eigenvalue weighted by Crippen LogP contribution is -2.31. The van der Waals surface area contributed by atoms with Crippen molar-refractivity contribution in [2.45, 2.75) is 78.7 Å². The summed E-state index contributed by atoms with van der Waals surface area (Å²) in [4.78, 5) is 23.1. The van der Waals surface area contributed by atoms with Crippen molar-refractivity contribution in [1.82, 2.24) is 5.06 Å². The fraction of sp³-hybridized carbons (Fsp3) is 0.875. The monoisotopic (exact) mass is 301 g/mol. The number of unbranched alkanes of at least 4 members (excludes halogenated alkanes) is 2. The second kappa shape index (κ2) is 9.77. The third kappa shape index (κ3) is 12.4. The maximum Gasteiger partial charge on any atom is 0.308 e. The van der Waals surface area contributed by atoms with E-state index in [0.717, 1.165) is 25.7 Å². The summed E-state index contributed by atoms with van der Waals surface area (Å²) in [5, 5.41) is 10.2. The summed E-state index contributed by atoms with van der Waals surface area (Å²) in [6, 6.07) is 0. The Labute approximate surface area is 128 Å². The van der Waals surface area contributed by atoms with Crippen LogP contribution in [-0.4, -0.2) is 34.3 Å². The highest BCUT2D eigenvalue weighted by atomic mass is 16.6. The molecule has 1 N–H and O–H groups in total. The molecular formula is C16H31NO4. The van der Waals surface area contributed by atoms with Crippen LogP contribution in [0.25, 0.3) is 0 Å². The van der Waals surface area contributed by atoms with E-state index in [4.69, 9.17) is 4.74 Å². The average molecular weight is 301 g/mol. The predicted octanol–water partition coefficient (Wildman–Crippen LogP) is 3.54. The molecule has 0 atom stereocenters. The maximum atomic E-state index is 11.7. The van der Waals surface area contributed by atoms with Crippen molar-refractivity contribution in [2.75, 3.05) is 6.54 Å². The van der Waals surface area contributed by atoms with Gasteiger partial charge in [0.15, 0.2) is 0 Å². The first-order chi connectivity index (χ1) is 9.61. The van der Waals surface area contributed by atoms with Crippen molar-refractivity contribution in [3.63, 3.8) is 0 Å². The van der Waals surface area contributed by atoms with Gasteiger partial charge in [-0.3, -0.25) is 14.8 Å². The Balaban J connectivity index is 3.78. The zero-order chi connectivity index (χ0) is 16.5. The van der Waals surface area contributed by atoms with Gasteiger partial charge in [0.05, 0.1) is 13.0 Å². The Kier molecular flexibility index (Phi) is 9.26. The van der Waals surface area contributed by atoms with Gasteiger partial charge in [0.25, 0.3) is 0 Å². The molecule has 0 fully saturated rings. The number of carbonyl (C=O) groups is 2. The number of hydrogen-bond donors (Lipinski definition) is 1. The molecule has 0 radical (unpaired) electrons. The molecule has 0 unspecified atom stereocenters. The highest BCUT2D eigenvalue weighted by Gasteiger charge is 2.18. The van der Waals surface area contributed by atoms with Gasteiger partial charge in [0.2, 0.25) is 5.91 Å².